The largest absolute Gasteiger partial charge is 0.508 e. The van der Waals surface area contributed by atoms with Crippen LogP contribution in [-0.2, 0) is 26.7 Å². The summed E-state index contributed by atoms with van der Waals surface area (Å²) in [5.41, 5.74) is 2.86. The number of aromatic hydroxyl groups is 1. The Morgan fingerprint density at radius 3 is 2.39 bits per heavy atom. The van der Waals surface area contributed by atoms with E-state index in [0.29, 0.717) is 11.8 Å². The van der Waals surface area contributed by atoms with Crippen molar-refractivity contribution < 1.29 is 18.3 Å². The van der Waals surface area contributed by atoms with E-state index >= 15 is 0 Å². The SMILES string of the molecule is CC(=O)Nc1cc(O)cc2c1C1(C)CCC3C(C)(C)C(NS(C)(=O)=O)CCC3(C)C1C2. The van der Waals surface area contributed by atoms with Crippen LogP contribution < -0.4 is 10.0 Å². The third-order valence-corrected chi connectivity index (χ3v) is 9.66. The van der Waals surface area contributed by atoms with Crippen molar-refractivity contribution >= 4 is 21.6 Å². The van der Waals surface area contributed by atoms with Gasteiger partial charge in [0.05, 0.1) is 6.26 Å². The molecule has 2 fully saturated rings. The molecular formula is C24H36N2O4S. The van der Waals surface area contributed by atoms with Gasteiger partial charge in [0.2, 0.25) is 15.9 Å². The lowest BCUT2D eigenvalue weighted by Crippen LogP contribution is -2.61. The van der Waals surface area contributed by atoms with Crippen molar-refractivity contribution in [2.45, 2.75) is 78.2 Å². The van der Waals surface area contributed by atoms with Gasteiger partial charge in [0.25, 0.3) is 0 Å². The maximum absolute atomic E-state index is 12.0. The Balaban J connectivity index is 1.75. The number of carbonyl (C=O) groups excluding carboxylic acids is 1. The third kappa shape index (κ3) is 3.48. The van der Waals surface area contributed by atoms with Crippen molar-refractivity contribution in [3.63, 3.8) is 0 Å². The monoisotopic (exact) mass is 448 g/mol. The van der Waals surface area contributed by atoms with Gasteiger partial charge in [-0.2, -0.15) is 0 Å². The molecule has 0 spiro atoms. The molecule has 1 aromatic rings. The van der Waals surface area contributed by atoms with E-state index < -0.39 is 10.0 Å². The normalized spacial score (nSPS) is 36.3. The van der Waals surface area contributed by atoms with E-state index in [2.05, 4.69) is 37.7 Å². The molecule has 3 aliphatic rings. The molecule has 0 radical (unpaired) electrons. The third-order valence-electron chi connectivity index (χ3n) is 8.95. The number of amides is 1. The number of hydrogen-bond acceptors (Lipinski definition) is 4. The number of anilines is 1. The lowest BCUT2D eigenvalue weighted by atomic mass is 9.43. The summed E-state index contributed by atoms with van der Waals surface area (Å²) in [6.45, 7) is 10.7. The maximum atomic E-state index is 12.0. The summed E-state index contributed by atoms with van der Waals surface area (Å²) < 4.78 is 26.9. The van der Waals surface area contributed by atoms with Gasteiger partial charge in [0.1, 0.15) is 5.75 Å². The zero-order valence-electron chi connectivity index (χ0n) is 19.5. The molecule has 3 aliphatic carbocycles. The Kier molecular flexibility index (Phi) is 5.06. The molecule has 0 bridgehead atoms. The topological polar surface area (TPSA) is 95.5 Å². The quantitative estimate of drug-likeness (QED) is 0.653. The highest BCUT2D eigenvalue weighted by Gasteiger charge is 2.63. The molecule has 6 nitrogen and oxygen atoms in total. The second-order valence-electron chi connectivity index (χ2n) is 11.3. The van der Waals surface area contributed by atoms with Gasteiger partial charge in [0.15, 0.2) is 0 Å². The highest BCUT2D eigenvalue weighted by atomic mass is 32.2. The van der Waals surface area contributed by atoms with Crippen LogP contribution in [0.5, 0.6) is 5.75 Å². The zero-order chi connectivity index (χ0) is 23.0. The van der Waals surface area contributed by atoms with Gasteiger partial charge >= 0.3 is 0 Å². The number of benzene rings is 1. The Morgan fingerprint density at radius 2 is 1.77 bits per heavy atom. The maximum Gasteiger partial charge on any atom is 0.221 e. The standard InChI is InChI=1S/C24H36N2O4S/c1-14(27)25-17-13-16(28)11-15-12-19-23(4)10-8-20(26-31(6,29)30)22(2,3)18(23)7-9-24(19,5)21(15)17/h11,13,18-20,26,28H,7-10,12H2,1-6H3,(H,25,27). The molecule has 172 valence electrons. The number of phenolic OH excluding ortho intramolecular Hbond substituents is 1. The molecule has 4 rings (SSSR count). The molecule has 5 unspecified atom stereocenters. The van der Waals surface area contributed by atoms with Crippen LogP contribution in [0.15, 0.2) is 12.1 Å². The van der Waals surface area contributed by atoms with Crippen LogP contribution in [0.25, 0.3) is 0 Å². The summed E-state index contributed by atoms with van der Waals surface area (Å²) in [6.07, 6.45) is 5.90. The van der Waals surface area contributed by atoms with Gasteiger partial charge in [-0.1, -0.05) is 27.7 Å². The Bertz CT molecular complexity index is 1030. The molecule has 0 aromatic heterocycles. The van der Waals surface area contributed by atoms with Gasteiger partial charge in [-0.25, -0.2) is 13.1 Å². The number of nitrogens with one attached hydrogen (secondary N) is 2. The van der Waals surface area contributed by atoms with Crippen LogP contribution in [0.4, 0.5) is 5.69 Å². The van der Waals surface area contributed by atoms with Crippen molar-refractivity contribution in [1.29, 1.82) is 0 Å². The molecular weight excluding hydrogens is 412 g/mol. The summed E-state index contributed by atoms with van der Waals surface area (Å²) in [7, 11) is -3.27. The molecule has 1 aromatic carbocycles. The number of carbonyl (C=O) groups is 1. The number of phenols is 1. The first-order valence-electron chi connectivity index (χ1n) is 11.3. The molecule has 0 heterocycles. The molecule has 0 aliphatic heterocycles. The molecule has 3 N–H and O–H groups in total. The minimum absolute atomic E-state index is 0.0499. The summed E-state index contributed by atoms with van der Waals surface area (Å²) in [4.78, 5) is 11.9. The number of rotatable bonds is 3. The fourth-order valence-corrected chi connectivity index (χ4v) is 8.75. The Hall–Kier alpha value is -1.60. The summed E-state index contributed by atoms with van der Waals surface area (Å²) in [5, 5.41) is 13.3. The van der Waals surface area contributed by atoms with E-state index in [4.69, 9.17) is 0 Å². The van der Waals surface area contributed by atoms with Gasteiger partial charge < -0.3 is 10.4 Å². The Morgan fingerprint density at radius 1 is 1.10 bits per heavy atom. The van der Waals surface area contributed by atoms with E-state index in [1.54, 1.807) is 6.07 Å². The van der Waals surface area contributed by atoms with Crippen molar-refractivity contribution in [2.24, 2.45) is 22.7 Å². The van der Waals surface area contributed by atoms with Gasteiger partial charge in [-0.05, 0) is 77.4 Å². The second-order valence-corrected chi connectivity index (χ2v) is 13.1. The Labute approximate surface area is 186 Å². The zero-order valence-corrected chi connectivity index (χ0v) is 20.3. The highest BCUT2D eigenvalue weighted by molar-refractivity contribution is 7.88. The minimum atomic E-state index is -3.27. The van der Waals surface area contributed by atoms with Gasteiger partial charge in [0, 0.05) is 24.7 Å². The van der Waals surface area contributed by atoms with Crippen molar-refractivity contribution in [3.8, 4) is 5.75 Å². The van der Waals surface area contributed by atoms with Crippen LogP contribution in [0, 0.1) is 22.7 Å². The molecule has 1 amide bonds. The average molecular weight is 449 g/mol. The van der Waals surface area contributed by atoms with Crippen molar-refractivity contribution in [3.05, 3.63) is 23.3 Å². The fourth-order valence-electron chi connectivity index (χ4n) is 7.82. The molecule has 7 heteroatoms. The number of fused-ring (bicyclic) bond motifs is 5. The average Bonchev–Trinajstić information content (AvgIpc) is 2.90. The predicted molar refractivity (Wildman–Crippen MR) is 123 cm³/mol. The first kappa shape index (κ1) is 22.6. The van der Waals surface area contributed by atoms with E-state index in [1.807, 2.05) is 6.07 Å². The number of hydrogen-bond donors (Lipinski definition) is 3. The van der Waals surface area contributed by atoms with Crippen LogP contribution in [0.2, 0.25) is 0 Å². The number of sulfonamides is 1. The van der Waals surface area contributed by atoms with Crippen LogP contribution in [0.1, 0.15) is 71.4 Å². The molecule has 0 saturated heterocycles. The predicted octanol–water partition coefficient (Wildman–Crippen LogP) is 3.93. The first-order valence-corrected chi connectivity index (χ1v) is 13.2. The molecule has 31 heavy (non-hydrogen) atoms. The summed E-state index contributed by atoms with van der Waals surface area (Å²) in [6, 6.07) is 3.48. The highest BCUT2D eigenvalue weighted by Crippen LogP contribution is 2.68. The molecule has 5 atom stereocenters. The van der Waals surface area contributed by atoms with E-state index in [0.717, 1.165) is 43.4 Å². The smallest absolute Gasteiger partial charge is 0.221 e. The summed E-state index contributed by atoms with van der Waals surface area (Å²) in [5.74, 6) is 0.820. The van der Waals surface area contributed by atoms with Crippen molar-refractivity contribution in [1.82, 2.24) is 4.72 Å². The lowest BCUT2D eigenvalue weighted by Gasteiger charge is -2.63. The van der Waals surface area contributed by atoms with Gasteiger partial charge in [-0.3, -0.25) is 4.79 Å². The fraction of sp³-hybridized carbons (Fsp3) is 0.708. The van der Waals surface area contributed by atoms with Crippen molar-refractivity contribution in [2.75, 3.05) is 11.6 Å². The lowest BCUT2D eigenvalue weighted by molar-refractivity contribution is -0.114. The van der Waals surface area contributed by atoms with E-state index in [9.17, 15) is 18.3 Å². The molecule has 2 saturated carbocycles. The summed E-state index contributed by atoms with van der Waals surface area (Å²) >= 11 is 0. The first-order chi connectivity index (χ1) is 14.2. The van der Waals surface area contributed by atoms with Crippen LogP contribution in [0.3, 0.4) is 0 Å². The van der Waals surface area contributed by atoms with Crippen LogP contribution >= 0.6 is 0 Å². The van der Waals surface area contributed by atoms with Crippen LogP contribution in [-0.4, -0.2) is 31.7 Å². The minimum Gasteiger partial charge on any atom is -0.508 e. The van der Waals surface area contributed by atoms with E-state index in [-0.39, 0.29) is 33.9 Å². The van der Waals surface area contributed by atoms with Gasteiger partial charge in [-0.15, -0.1) is 0 Å². The second kappa shape index (κ2) is 6.95. The van der Waals surface area contributed by atoms with E-state index in [1.165, 1.54) is 18.7 Å².